The smallest absolute Gasteiger partial charge is 0.239 e. The van der Waals surface area contributed by atoms with E-state index in [-0.39, 0.29) is 6.79 Å². The topological polar surface area (TPSA) is 94.3 Å². The summed E-state index contributed by atoms with van der Waals surface area (Å²) in [7, 11) is 0. The summed E-state index contributed by atoms with van der Waals surface area (Å²) in [6.07, 6.45) is 1.48. The van der Waals surface area contributed by atoms with Crippen LogP contribution in [-0.2, 0) is 6.54 Å². The minimum absolute atomic E-state index is 0.259. The fourth-order valence-corrected chi connectivity index (χ4v) is 1.96. The first-order chi connectivity index (χ1) is 9.76. The molecule has 1 aromatic carbocycles. The lowest BCUT2D eigenvalue weighted by molar-refractivity contribution is 0.174. The second-order valence-electron chi connectivity index (χ2n) is 4.08. The summed E-state index contributed by atoms with van der Waals surface area (Å²) in [6, 6.07) is 5.72. The maximum absolute atomic E-state index is 6.01. The van der Waals surface area contributed by atoms with Crippen LogP contribution in [0.25, 0.3) is 0 Å². The molecule has 0 atom stereocenters. The van der Waals surface area contributed by atoms with Crippen molar-refractivity contribution < 1.29 is 9.47 Å². The van der Waals surface area contributed by atoms with Gasteiger partial charge < -0.3 is 14.8 Å². The van der Waals surface area contributed by atoms with Crippen LogP contribution in [0.1, 0.15) is 5.56 Å². The number of nitrogens with one attached hydrogen (secondary N) is 2. The molecular formula is C12H12ClN5O2. The molecule has 3 rings (SSSR count). The molecule has 7 nitrogen and oxygen atoms in total. The third-order valence-electron chi connectivity index (χ3n) is 2.77. The van der Waals surface area contributed by atoms with Crippen molar-refractivity contribution in [3.05, 3.63) is 35.0 Å². The van der Waals surface area contributed by atoms with Crippen LogP contribution in [0.15, 0.2) is 24.4 Å². The van der Waals surface area contributed by atoms with Crippen LogP contribution in [0.5, 0.6) is 11.5 Å². The van der Waals surface area contributed by atoms with Crippen LogP contribution >= 0.6 is 11.6 Å². The van der Waals surface area contributed by atoms with Gasteiger partial charge in [0.1, 0.15) is 5.02 Å². The highest BCUT2D eigenvalue weighted by molar-refractivity contribution is 6.32. The molecule has 2 heterocycles. The van der Waals surface area contributed by atoms with E-state index < -0.39 is 0 Å². The minimum atomic E-state index is 0.259. The van der Waals surface area contributed by atoms with E-state index in [1.807, 2.05) is 18.2 Å². The van der Waals surface area contributed by atoms with Crippen molar-refractivity contribution in [2.75, 3.05) is 17.5 Å². The molecule has 0 saturated carbocycles. The van der Waals surface area contributed by atoms with Crippen LogP contribution in [-0.4, -0.2) is 16.8 Å². The quantitative estimate of drug-likeness (QED) is 0.584. The van der Waals surface area contributed by atoms with E-state index in [0.29, 0.717) is 23.3 Å². The van der Waals surface area contributed by atoms with Crippen molar-refractivity contribution in [3.63, 3.8) is 0 Å². The van der Waals surface area contributed by atoms with Gasteiger partial charge in [0.25, 0.3) is 0 Å². The zero-order valence-corrected chi connectivity index (χ0v) is 11.1. The lowest BCUT2D eigenvalue weighted by Crippen LogP contribution is -2.12. The Kier molecular flexibility index (Phi) is 3.44. The number of benzene rings is 1. The Morgan fingerprint density at radius 2 is 2.15 bits per heavy atom. The molecule has 20 heavy (non-hydrogen) atoms. The number of rotatable bonds is 4. The molecule has 4 N–H and O–H groups in total. The number of nitrogen functional groups attached to an aromatic ring is 1. The van der Waals surface area contributed by atoms with Crippen molar-refractivity contribution >= 4 is 23.4 Å². The summed E-state index contributed by atoms with van der Waals surface area (Å²) in [5.74, 6) is 7.55. The summed E-state index contributed by atoms with van der Waals surface area (Å²) < 4.78 is 10.6. The molecule has 0 fully saturated rings. The minimum Gasteiger partial charge on any atom is -0.454 e. The maximum atomic E-state index is 6.01. The second-order valence-corrected chi connectivity index (χ2v) is 4.48. The molecular weight excluding hydrogens is 282 g/mol. The molecule has 104 valence electrons. The molecule has 2 aromatic rings. The summed E-state index contributed by atoms with van der Waals surface area (Å²) >= 11 is 6.01. The summed E-state index contributed by atoms with van der Waals surface area (Å²) in [5, 5.41) is 3.54. The van der Waals surface area contributed by atoms with Crippen molar-refractivity contribution in [1.29, 1.82) is 0 Å². The van der Waals surface area contributed by atoms with Crippen molar-refractivity contribution in [2.45, 2.75) is 6.54 Å². The molecule has 0 unspecified atom stereocenters. The fraction of sp³-hybridized carbons (Fsp3) is 0.167. The first-order valence-electron chi connectivity index (χ1n) is 5.88. The Balaban J connectivity index is 1.73. The van der Waals surface area contributed by atoms with Gasteiger partial charge in [-0.2, -0.15) is 4.98 Å². The highest BCUT2D eigenvalue weighted by atomic mass is 35.5. The van der Waals surface area contributed by atoms with Crippen LogP contribution in [0.2, 0.25) is 5.02 Å². The van der Waals surface area contributed by atoms with E-state index in [9.17, 15) is 0 Å². The van der Waals surface area contributed by atoms with Gasteiger partial charge in [0.05, 0.1) is 6.20 Å². The fourth-order valence-electron chi connectivity index (χ4n) is 1.80. The van der Waals surface area contributed by atoms with E-state index in [1.54, 1.807) is 0 Å². The highest BCUT2D eigenvalue weighted by Crippen LogP contribution is 2.32. The first kappa shape index (κ1) is 12.8. The van der Waals surface area contributed by atoms with E-state index >= 15 is 0 Å². The molecule has 8 heteroatoms. The molecule has 0 spiro atoms. The third kappa shape index (κ3) is 2.54. The number of nitrogens with two attached hydrogens (primary N) is 1. The Bertz CT molecular complexity index is 637. The Labute approximate surface area is 120 Å². The normalized spacial score (nSPS) is 12.3. The van der Waals surface area contributed by atoms with Crippen molar-refractivity contribution in [1.82, 2.24) is 9.97 Å². The van der Waals surface area contributed by atoms with Gasteiger partial charge in [-0.25, -0.2) is 10.8 Å². The van der Waals surface area contributed by atoms with Crippen molar-refractivity contribution in [3.8, 4) is 11.5 Å². The van der Waals surface area contributed by atoms with Gasteiger partial charge in [-0.15, -0.1) is 0 Å². The monoisotopic (exact) mass is 293 g/mol. The molecule has 1 aromatic heterocycles. The van der Waals surface area contributed by atoms with E-state index in [0.717, 1.165) is 17.1 Å². The number of hydrazine groups is 1. The van der Waals surface area contributed by atoms with Crippen LogP contribution in [0, 0.1) is 0 Å². The zero-order chi connectivity index (χ0) is 13.9. The van der Waals surface area contributed by atoms with Crippen LogP contribution in [0.4, 0.5) is 11.8 Å². The molecule has 0 radical (unpaired) electrons. The Hall–Kier alpha value is -2.25. The van der Waals surface area contributed by atoms with Gasteiger partial charge in [-0.3, -0.25) is 5.43 Å². The van der Waals surface area contributed by atoms with Gasteiger partial charge >= 0.3 is 0 Å². The molecule has 1 aliphatic rings. The number of nitrogens with zero attached hydrogens (tertiary/aromatic N) is 2. The average molecular weight is 294 g/mol. The first-order valence-corrected chi connectivity index (χ1v) is 6.25. The molecule has 0 saturated heterocycles. The predicted octanol–water partition coefficient (Wildman–Crippen LogP) is 1.76. The standard InChI is InChI=1S/C12H12ClN5O2/c13-8-5-16-12(18-14)17-11(8)15-4-7-1-2-9-10(3-7)20-6-19-9/h1-3,5H,4,6,14H2,(H2,15,16,17,18). The SMILES string of the molecule is NNc1ncc(Cl)c(NCc2ccc3c(c2)OCO3)n1. The number of fused-ring (bicyclic) bond motifs is 1. The van der Waals surface area contributed by atoms with Crippen LogP contribution < -0.4 is 26.1 Å². The van der Waals surface area contributed by atoms with Gasteiger partial charge in [0.15, 0.2) is 17.3 Å². The number of halogens is 1. The molecule has 0 bridgehead atoms. The number of ether oxygens (including phenoxy) is 2. The van der Waals surface area contributed by atoms with Gasteiger partial charge in [0.2, 0.25) is 12.7 Å². The third-order valence-corrected chi connectivity index (χ3v) is 3.05. The number of hydrogen-bond donors (Lipinski definition) is 3. The second kappa shape index (κ2) is 5.40. The highest BCUT2D eigenvalue weighted by Gasteiger charge is 2.13. The summed E-state index contributed by atoms with van der Waals surface area (Å²) in [5.41, 5.74) is 3.39. The Morgan fingerprint density at radius 1 is 1.30 bits per heavy atom. The Morgan fingerprint density at radius 3 is 3.00 bits per heavy atom. The molecule has 0 aliphatic carbocycles. The number of hydrogen-bond acceptors (Lipinski definition) is 7. The van der Waals surface area contributed by atoms with E-state index in [2.05, 4.69) is 20.7 Å². The summed E-state index contributed by atoms with van der Waals surface area (Å²) in [6.45, 7) is 0.798. The van der Waals surface area contributed by atoms with Gasteiger partial charge in [0, 0.05) is 6.54 Å². The summed E-state index contributed by atoms with van der Waals surface area (Å²) in [4.78, 5) is 8.04. The largest absolute Gasteiger partial charge is 0.454 e. The van der Waals surface area contributed by atoms with Gasteiger partial charge in [-0.05, 0) is 17.7 Å². The van der Waals surface area contributed by atoms with Gasteiger partial charge in [-0.1, -0.05) is 17.7 Å². The zero-order valence-electron chi connectivity index (χ0n) is 10.4. The predicted molar refractivity (Wildman–Crippen MR) is 74.7 cm³/mol. The molecule has 0 amide bonds. The number of anilines is 2. The lowest BCUT2D eigenvalue weighted by Gasteiger charge is -2.09. The maximum Gasteiger partial charge on any atom is 0.239 e. The van der Waals surface area contributed by atoms with Crippen LogP contribution in [0.3, 0.4) is 0 Å². The van der Waals surface area contributed by atoms with E-state index in [1.165, 1.54) is 6.20 Å². The lowest BCUT2D eigenvalue weighted by atomic mass is 10.2. The number of aromatic nitrogens is 2. The average Bonchev–Trinajstić information content (AvgIpc) is 2.94. The molecule has 1 aliphatic heterocycles. The van der Waals surface area contributed by atoms with Crippen molar-refractivity contribution in [2.24, 2.45) is 5.84 Å². The van der Waals surface area contributed by atoms with E-state index in [4.69, 9.17) is 26.9 Å².